The van der Waals surface area contributed by atoms with Crippen molar-refractivity contribution in [3.63, 3.8) is 0 Å². The number of aromatic nitrogens is 2. The van der Waals surface area contributed by atoms with Crippen LogP contribution in [0, 0.1) is 17.8 Å². The largest absolute Gasteiger partial charge is 0.370 e. The summed E-state index contributed by atoms with van der Waals surface area (Å²) in [5, 5.41) is 6.91. The maximum atomic E-state index is 4.54. The molecule has 0 radical (unpaired) electrons. The fraction of sp³-hybridized carbons (Fsp3) is 0.765. The number of aryl methyl sites for hydroxylation is 1. The van der Waals surface area contributed by atoms with E-state index in [4.69, 9.17) is 0 Å². The van der Waals surface area contributed by atoms with Gasteiger partial charge in [-0.2, -0.15) is 0 Å². The van der Waals surface area contributed by atoms with Crippen LogP contribution in [0.2, 0.25) is 0 Å². The van der Waals surface area contributed by atoms with Gasteiger partial charge >= 0.3 is 0 Å². The van der Waals surface area contributed by atoms with E-state index in [1.807, 2.05) is 13.0 Å². The normalized spacial score (nSPS) is 21.0. The zero-order valence-corrected chi connectivity index (χ0v) is 14.4. The van der Waals surface area contributed by atoms with E-state index in [0.717, 1.165) is 24.0 Å². The first-order valence-corrected chi connectivity index (χ1v) is 8.05. The van der Waals surface area contributed by atoms with Gasteiger partial charge in [-0.05, 0) is 43.9 Å². The van der Waals surface area contributed by atoms with E-state index < -0.39 is 0 Å². The molecular weight excluding hydrogens is 260 g/mol. The standard InChI is InChI=1S/C17H30N4/c1-7-18-14-8-15(20-12(2)19-14)21-13-9-16(3,4)11-17(5,6)10-13/h8,13H,7,9-11H2,1-6H3,(H2,18,19,20,21). The molecule has 0 unspecified atom stereocenters. The fourth-order valence-electron chi connectivity index (χ4n) is 4.07. The summed E-state index contributed by atoms with van der Waals surface area (Å²) in [4.78, 5) is 8.96. The monoisotopic (exact) mass is 290 g/mol. The van der Waals surface area contributed by atoms with Crippen LogP contribution in [-0.2, 0) is 0 Å². The van der Waals surface area contributed by atoms with Crippen LogP contribution in [0.4, 0.5) is 11.6 Å². The van der Waals surface area contributed by atoms with Crippen molar-refractivity contribution in [2.45, 2.75) is 66.8 Å². The lowest BCUT2D eigenvalue weighted by Gasteiger charge is -2.45. The van der Waals surface area contributed by atoms with Gasteiger partial charge in [0.25, 0.3) is 0 Å². The molecule has 0 aliphatic heterocycles. The maximum Gasteiger partial charge on any atom is 0.132 e. The quantitative estimate of drug-likeness (QED) is 0.871. The Kier molecular flexibility index (Phi) is 4.45. The van der Waals surface area contributed by atoms with Gasteiger partial charge in [-0.3, -0.25) is 0 Å². The molecule has 1 aromatic rings. The second-order valence-electron chi connectivity index (χ2n) is 7.97. The molecule has 4 nitrogen and oxygen atoms in total. The first-order chi connectivity index (χ1) is 9.69. The lowest BCUT2D eigenvalue weighted by atomic mass is 9.63. The second-order valence-corrected chi connectivity index (χ2v) is 7.97. The van der Waals surface area contributed by atoms with E-state index in [1.165, 1.54) is 19.3 Å². The van der Waals surface area contributed by atoms with Gasteiger partial charge in [0.05, 0.1) is 0 Å². The Morgan fingerprint density at radius 3 is 2.24 bits per heavy atom. The third-order valence-corrected chi connectivity index (χ3v) is 4.10. The molecule has 1 heterocycles. The van der Waals surface area contributed by atoms with E-state index in [2.05, 4.69) is 55.2 Å². The number of rotatable bonds is 4. The van der Waals surface area contributed by atoms with Crippen LogP contribution in [0.1, 0.15) is 59.7 Å². The van der Waals surface area contributed by atoms with Crippen molar-refractivity contribution < 1.29 is 0 Å². The lowest BCUT2D eigenvalue weighted by molar-refractivity contribution is 0.105. The molecule has 1 fully saturated rings. The Hall–Kier alpha value is -1.32. The first-order valence-electron chi connectivity index (χ1n) is 8.05. The van der Waals surface area contributed by atoms with Crippen LogP contribution in [0.25, 0.3) is 0 Å². The van der Waals surface area contributed by atoms with Crippen molar-refractivity contribution in [1.82, 2.24) is 9.97 Å². The molecule has 0 spiro atoms. The molecule has 0 atom stereocenters. The van der Waals surface area contributed by atoms with E-state index in [1.54, 1.807) is 0 Å². The number of anilines is 2. The predicted molar refractivity (Wildman–Crippen MR) is 89.8 cm³/mol. The minimum Gasteiger partial charge on any atom is -0.370 e. The average molecular weight is 290 g/mol. The molecule has 0 saturated heterocycles. The van der Waals surface area contributed by atoms with Gasteiger partial charge in [-0.1, -0.05) is 27.7 Å². The molecule has 118 valence electrons. The van der Waals surface area contributed by atoms with E-state index in [9.17, 15) is 0 Å². The summed E-state index contributed by atoms with van der Waals surface area (Å²) >= 11 is 0. The SMILES string of the molecule is CCNc1cc(NC2CC(C)(C)CC(C)(C)C2)nc(C)n1. The molecule has 0 amide bonds. The van der Waals surface area contributed by atoms with E-state index in [0.29, 0.717) is 16.9 Å². The van der Waals surface area contributed by atoms with Gasteiger partial charge in [0.15, 0.2) is 0 Å². The second kappa shape index (κ2) is 5.82. The highest BCUT2D eigenvalue weighted by molar-refractivity contribution is 5.48. The number of hydrogen-bond donors (Lipinski definition) is 2. The van der Waals surface area contributed by atoms with Crippen LogP contribution in [0.5, 0.6) is 0 Å². The lowest BCUT2D eigenvalue weighted by Crippen LogP contribution is -2.40. The van der Waals surface area contributed by atoms with Gasteiger partial charge < -0.3 is 10.6 Å². The van der Waals surface area contributed by atoms with Gasteiger partial charge in [0.1, 0.15) is 17.5 Å². The number of hydrogen-bond acceptors (Lipinski definition) is 4. The highest BCUT2D eigenvalue weighted by Gasteiger charge is 2.38. The summed E-state index contributed by atoms with van der Waals surface area (Å²) in [5.41, 5.74) is 0.762. The zero-order chi connectivity index (χ0) is 15.7. The van der Waals surface area contributed by atoms with Crippen LogP contribution >= 0.6 is 0 Å². The first kappa shape index (κ1) is 16.1. The third-order valence-electron chi connectivity index (χ3n) is 4.10. The molecule has 0 bridgehead atoms. The van der Waals surface area contributed by atoms with Gasteiger partial charge in [-0.15, -0.1) is 0 Å². The highest BCUT2D eigenvalue weighted by atomic mass is 15.1. The van der Waals surface area contributed by atoms with Gasteiger partial charge in [-0.25, -0.2) is 9.97 Å². The van der Waals surface area contributed by atoms with Crippen LogP contribution in [0.15, 0.2) is 6.07 Å². The summed E-state index contributed by atoms with van der Waals surface area (Å²) in [6, 6.07) is 2.50. The van der Waals surface area contributed by atoms with Crippen molar-refractivity contribution in [2.24, 2.45) is 10.8 Å². The summed E-state index contributed by atoms with van der Waals surface area (Å²) in [6.07, 6.45) is 3.66. The Labute approximate surface area is 129 Å². The summed E-state index contributed by atoms with van der Waals surface area (Å²) in [5.74, 6) is 2.66. The van der Waals surface area contributed by atoms with Crippen molar-refractivity contribution in [3.8, 4) is 0 Å². The Balaban J connectivity index is 2.13. The Bertz CT molecular complexity index is 478. The third kappa shape index (κ3) is 4.58. The van der Waals surface area contributed by atoms with Crippen LogP contribution in [0.3, 0.4) is 0 Å². The Morgan fingerprint density at radius 2 is 1.67 bits per heavy atom. The summed E-state index contributed by atoms with van der Waals surface area (Å²) in [6.45, 7) is 14.4. The van der Waals surface area contributed by atoms with Crippen molar-refractivity contribution >= 4 is 11.6 Å². The van der Waals surface area contributed by atoms with Crippen molar-refractivity contribution in [1.29, 1.82) is 0 Å². The molecule has 1 aliphatic rings. The number of nitrogens with one attached hydrogen (secondary N) is 2. The summed E-state index contributed by atoms with van der Waals surface area (Å²) < 4.78 is 0. The minimum absolute atomic E-state index is 0.381. The molecule has 1 aromatic heterocycles. The number of nitrogens with zero attached hydrogens (tertiary/aromatic N) is 2. The van der Waals surface area contributed by atoms with Crippen LogP contribution < -0.4 is 10.6 Å². The smallest absolute Gasteiger partial charge is 0.132 e. The molecule has 0 aromatic carbocycles. The van der Waals surface area contributed by atoms with E-state index >= 15 is 0 Å². The predicted octanol–water partition coefficient (Wildman–Crippen LogP) is 4.23. The molecule has 2 N–H and O–H groups in total. The molecule has 1 saturated carbocycles. The molecule has 4 heteroatoms. The topological polar surface area (TPSA) is 49.8 Å². The van der Waals surface area contributed by atoms with Gasteiger partial charge in [0, 0.05) is 18.7 Å². The fourth-order valence-corrected chi connectivity index (χ4v) is 4.07. The molecule has 2 rings (SSSR count). The highest BCUT2D eigenvalue weighted by Crippen LogP contribution is 2.46. The molecule has 1 aliphatic carbocycles. The van der Waals surface area contributed by atoms with Crippen molar-refractivity contribution in [3.05, 3.63) is 11.9 Å². The van der Waals surface area contributed by atoms with Crippen LogP contribution in [-0.4, -0.2) is 22.6 Å². The average Bonchev–Trinajstić information content (AvgIpc) is 2.23. The summed E-state index contributed by atoms with van der Waals surface area (Å²) in [7, 11) is 0. The van der Waals surface area contributed by atoms with E-state index in [-0.39, 0.29) is 0 Å². The zero-order valence-electron chi connectivity index (χ0n) is 14.4. The van der Waals surface area contributed by atoms with Gasteiger partial charge in [0.2, 0.25) is 0 Å². The molecular formula is C17H30N4. The Morgan fingerprint density at radius 1 is 1.10 bits per heavy atom. The molecule has 21 heavy (non-hydrogen) atoms. The van der Waals surface area contributed by atoms with Crippen molar-refractivity contribution in [2.75, 3.05) is 17.2 Å². The minimum atomic E-state index is 0.381. The maximum absolute atomic E-state index is 4.54.